The molecule has 31 heavy (non-hydrogen) atoms. The van der Waals surface area contributed by atoms with Crippen LogP contribution in [0.25, 0.3) is 44.2 Å². The molecule has 1 aliphatic rings. The van der Waals surface area contributed by atoms with E-state index in [0.717, 1.165) is 28.7 Å². The van der Waals surface area contributed by atoms with E-state index in [1.807, 2.05) is 24.3 Å². The van der Waals surface area contributed by atoms with Gasteiger partial charge >= 0.3 is 0 Å². The van der Waals surface area contributed by atoms with Gasteiger partial charge in [0.15, 0.2) is 0 Å². The van der Waals surface area contributed by atoms with Crippen LogP contribution in [0.15, 0.2) is 97.1 Å². The van der Waals surface area contributed by atoms with E-state index >= 15 is 0 Å². The number of rotatable bonds is 2. The van der Waals surface area contributed by atoms with Crippen molar-refractivity contribution in [1.82, 2.24) is 0 Å². The second-order valence-corrected chi connectivity index (χ2v) is 8.11. The molecule has 0 amide bonds. The summed E-state index contributed by atoms with van der Waals surface area (Å²) < 4.78 is 0. The maximum absolute atomic E-state index is 9.88. The lowest BCUT2D eigenvalue weighted by Gasteiger charge is -2.17. The fourth-order valence-corrected chi connectivity index (χ4v) is 4.86. The van der Waals surface area contributed by atoms with Gasteiger partial charge in [0.1, 0.15) is 11.5 Å². The molecular weight excluding hydrogens is 380 g/mol. The summed E-state index contributed by atoms with van der Waals surface area (Å²) in [6.07, 6.45) is 0.910. The molecule has 0 unspecified atom stereocenters. The number of phenolic OH excluding ortho intramolecular Hbond substituents is 2. The number of fused-ring (bicyclic) bond motifs is 5. The molecule has 0 bridgehead atoms. The molecule has 148 valence electrons. The Morgan fingerprint density at radius 1 is 0.516 bits per heavy atom. The summed E-state index contributed by atoms with van der Waals surface area (Å²) in [7, 11) is 0. The van der Waals surface area contributed by atoms with Crippen LogP contribution in [0.1, 0.15) is 11.1 Å². The zero-order chi connectivity index (χ0) is 20.9. The number of hydrogen-bond donors (Lipinski definition) is 2. The Labute approximate surface area is 180 Å². The van der Waals surface area contributed by atoms with E-state index in [0.29, 0.717) is 0 Å². The normalized spacial score (nSPS) is 12.0. The number of aromatic hydroxyl groups is 2. The summed E-state index contributed by atoms with van der Waals surface area (Å²) in [4.78, 5) is 0. The lowest BCUT2D eigenvalue weighted by Crippen LogP contribution is -1.92. The highest BCUT2D eigenvalue weighted by atomic mass is 16.3. The molecule has 0 fully saturated rings. The molecule has 1 aliphatic carbocycles. The van der Waals surface area contributed by atoms with Crippen molar-refractivity contribution in [1.29, 1.82) is 0 Å². The van der Waals surface area contributed by atoms with Gasteiger partial charge in [-0.1, -0.05) is 72.8 Å². The van der Waals surface area contributed by atoms with Crippen LogP contribution in [0.3, 0.4) is 0 Å². The van der Waals surface area contributed by atoms with Gasteiger partial charge in [0.05, 0.1) is 0 Å². The van der Waals surface area contributed by atoms with E-state index in [1.165, 1.54) is 33.0 Å². The summed E-state index contributed by atoms with van der Waals surface area (Å²) >= 11 is 0. The molecule has 0 saturated heterocycles. The summed E-state index contributed by atoms with van der Waals surface area (Å²) in [6.45, 7) is 0. The quantitative estimate of drug-likeness (QED) is 0.324. The van der Waals surface area contributed by atoms with E-state index in [-0.39, 0.29) is 11.5 Å². The van der Waals surface area contributed by atoms with Crippen LogP contribution in [-0.2, 0) is 6.42 Å². The summed E-state index contributed by atoms with van der Waals surface area (Å²) in [6, 6.07) is 32.2. The summed E-state index contributed by atoms with van der Waals surface area (Å²) in [5.74, 6) is 0.514. The molecule has 6 rings (SSSR count). The predicted molar refractivity (Wildman–Crippen MR) is 126 cm³/mol. The van der Waals surface area contributed by atoms with Gasteiger partial charge in [0.2, 0.25) is 0 Å². The average molecular weight is 400 g/mol. The minimum absolute atomic E-state index is 0.257. The SMILES string of the molecule is Oc1ccc(-c2ccc3ccc4c(c3c2-c2ccc(O)cc2)Cc2ccccc2-4)cc1. The first-order chi connectivity index (χ1) is 15.2. The Balaban J connectivity index is 1.72. The minimum atomic E-state index is 0.257. The minimum Gasteiger partial charge on any atom is -0.508 e. The highest BCUT2D eigenvalue weighted by Gasteiger charge is 2.23. The van der Waals surface area contributed by atoms with Crippen molar-refractivity contribution < 1.29 is 10.2 Å². The maximum atomic E-state index is 9.88. The zero-order valence-corrected chi connectivity index (χ0v) is 16.8. The number of benzene rings is 5. The van der Waals surface area contributed by atoms with Gasteiger partial charge in [-0.25, -0.2) is 0 Å². The third kappa shape index (κ3) is 2.80. The molecule has 0 spiro atoms. The van der Waals surface area contributed by atoms with Gasteiger partial charge in [0, 0.05) is 0 Å². The van der Waals surface area contributed by atoms with Gasteiger partial charge in [-0.3, -0.25) is 0 Å². The van der Waals surface area contributed by atoms with Crippen LogP contribution in [0.5, 0.6) is 11.5 Å². The average Bonchev–Trinajstić information content (AvgIpc) is 3.18. The molecule has 2 N–H and O–H groups in total. The lowest BCUT2D eigenvalue weighted by molar-refractivity contribution is 0.475. The second-order valence-electron chi connectivity index (χ2n) is 8.11. The third-order valence-corrected chi connectivity index (χ3v) is 6.30. The first-order valence-corrected chi connectivity index (χ1v) is 10.4. The van der Waals surface area contributed by atoms with E-state index < -0.39 is 0 Å². The smallest absolute Gasteiger partial charge is 0.115 e. The van der Waals surface area contributed by atoms with E-state index in [2.05, 4.69) is 48.5 Å². The van der Waals surface area contributed by atoms with Crippen LogP contribution >= 0.6 is 0 Å². The molecule has 0 radical (unpaired) electrons. The van der Waals surface area contributed by atoms with Crippen LogP contribution in [-0.4, -0.2) is 10.2 Å². The van der Waals surface area contributed by atoms with Crippen molar-refractivity contribution >= 4 is 10.8 Å². The van der Waals surface area contributed by atoms with Crippen LogP contribution in [0.2, 0.25) is 0 Å². The standard InChI is InChI=1S/C29H20O2/c30-22-11-5-18(6-12-22)25-15-9-20-10-16-26-24-4-2-1-3-21(24)17-27(26)29(20)28(25)19-7-13-23(31)14-8-19/h1-16,30-31H,17H2. The van der Waals surface area contributed by atoms with Gasteiger partial charge in [0.25, 0.3) is 0 Å². The Morgan fingerprint density at radius 2 is 1.13 bits per heavy atom. The molecule has 2 heteroatoms. The fourth-order valence-electron chi connectivity index (χ4n) is 4.86. The van der Waals surface area contributed by atoms with Crippen LogP contribution in [0.4, 0.5) is 0 Å². The molecule has 0 heterocycles. The molecule has 5 aromatic carbocycles. The lowest BCUT2D eigenvalue weighted by atomic mass is 9.86. The Morgan fingerprint density at radius 3 is 1.84 bits per heavy atom. The number of hydrogen-bond acceptors (Lipinski definition) is 2. The fraction of sp³-hybridized carbons (Fsp3) is 0.0345. The van der Waals surface area contributed by atoms with Crippen molar-refractivity contribution in [3.8, 4) is 44.9 Å². The molecule has 0 aliphatic heterocycles. The molecule has 0 saturated carbocycles. The van der Waals surface area contributed by atoms with Crippen LogP contribution in [0, 0.1) is 0 Å². The maximum Gasteiger partial charge on any atom is 0.115 e. The first kappa shape index (κ1) is 17.8. The predicted octanol–water partition coefficient (Wildman–Crippen LogP) is 7.16. The van der Waals surface area contributed by atoms with Gasteiger partial charge in [-0.15, -0.1) is 0 Å². The third-order valence-electron chi connectivity index (χ3n) is 6.30. The molecule has 0 aromatic heterocycles. The highest BCUT2D eigenvalue weighted by Crippen LogP contribution is 2.46. The van der Waals surface area contributed by atoms with Crippen molar-refractivity contribution in [3.05, 3.63) is 108 Å². The molecular formula is C29H20O2. The number of phenols is 2. The topological polar surface area (TPSA) is 40.5 Å². The molecule has 2 nitrogen and oxygen atoms in total. The summed E-state index contributed by atoms with van der Waals surface area (Å²) in [5, 5.41) is 22.1. The Hall–Kier alpha value is -4.04. The van der Waals surface area contributed by atoms with Crippen molar-refractivity contribution in [2.75, 3.05) is 0 Å². The van der Waals surface area contributed by atoms with E-state index in [4.69, 9.17) is 0 Å². The van der Waals surface area contributed by atoms with Gasteiger partial charge in [-0.2, -0.15) is 0 Å². The first-order valence-electron chi connectivity index (χ1n) is 10.4. The molecule has 5 aromatic rings. The highest BCUT2D eigenvalue weighted by molar-refractivity contribution is 6.09. The largest absolute Gasteiger partial charge is 0.508 e. The van der Waals surface area contributed by atoms with Crippen molar-refractivity contribution in [3.63, 3.8) is 0 Å². The summed E-state index contributed by atoms with van der Waals surface area (Å²) in [5.41, 5.74) is 9.71. The van der Waals surface area contributed by atoms with Crippen LogP contribution < -0.4 is 0 Å². The molecule has 0 atom stereocenters. The monoisotopic (exact) mass is 400 g/mol. The van der Waals surface area contributed by atoms with Gasteiger partial charge in [-0.05, 0) is 86.0 Å². The Kier molecular flexibility index (Phi) is 3.87. The zero-order valence-electron chi connectivity index (χ0n) is 16.8. The Bertz CT molecular complexity index is 1450. The van der Waals surface area contributed by atoms with Gasteiger partial charge < -0.3 is 10.2 Å². The van der Waals surface area contributed by atoms with Crippen molar-refractivity contribution in [2.24, 2.45) is 0 Å². The van der Waals surface area contributed by atoms with E-state index in [9.17, 15) is 10.2 Å². The van der Waals surface area contributed by atoms with Crippen molar-refractivity contribution in [2.45, 2.75) is 6.42 Å². The second kappa shape index (κ2) is 6.75. The van der Waals surface area contributed by atoms with E-state index in [1.54, 1.807) is 24.3 Å².